The Morgan fingerprint density at radius 2 is 1.67 bits per heavy atom. The van der Waals surface area contributed by atoms with Crippen molar-refractivity contribution in [2.75, 3.05) is 33.3 Å². The number of nitrogens with zero attached hydrogens (tertiary/aromatic N) is 1. The molecular weight excluding hydrogens is 468 g/mol. The van der Waals surface area contributed by atoms with Gasteiger partial charge in [-0.15, -0.1) is 0 Å². The normalized spacial score (nSPS) is 14.4. The van der Waals surface area contributed by atoms with E-state index in [0.29, 0.717) is 22.9 Å². The third kappa shape index (κ3) is 5.12. The Bertz CT molecular complexity index is 1230. The van der Waals surface area contributed by atoms with Gasteiger partial charge in [-0.05, 0) is 23.3 Å². The van der Waals surface area contributed by atoms with E-state index in [-0.39, 0.29) is 18.7 Å². The van der Waals surface area contributed by atoms with Gasteiger partial charge in [-0.1, -0.05) is 24.3 Å². The van der Waals surface area contributed by atoms with Gasteiger partial charge in [-0.25, -0.2) is 4.79 Å². The molecule has 1 atom stereocenters. The molecule has 10 heteroatoms. The van der Waals surface area contributed by atoms with Gasteiger partial charge in [0, 0.05) is 30.8 Å². The number of furan rings is 1. The zero-order valence-electron chi connectivity index (χ0n) is 20.1. The van der Waals surface area contributed by atoms with E-state index in [9.17, 15) is 14.4 Å². The van der Waals surface area contributed by atoms with Crippen molar-refractivity contribution in [2.45, 2.75) is 19.0 Å². The number of ether oxygens (including phenoxy) is 4. The maximum atomic E-state index is 13.1. The summed E-state index contributed by atoms with van der Waals surface area (Å²) in [5, 5.41) is 2.65. The fourth-order valence-corrected chi connectivity index (χ4v) is 4.07. The number of carbonyl (C=O) groups excluding carboxylic acids is 3. The summed E-state index contributed by atoms with van der Waals surface area (Å²) in [6.45, 7) is -0.330. The lowest BCUT2D eigenvalue weighted by atomic mass is 9.93. The van der Waals surface area contributed by atoms with Crippen molar-refractivity contribution >= 4 is 23.5 Å². The van der Waals surface area contributed by atoms with E-state index in [1.54, 1.807) is 18.2 Å². The van der Waals surface area contributed by atoms with Crippen molar-refractivity contribution in [2.24, 2.45) is 0 Å². The van der Waals surface area contributed by atoms with E-state index < -0.39 is 30.4 Å². The van der Waals surface area contributed by atoms with Crippen LogP contribution in [-0.4, -0.2) is 56.7 Å². The molecule has 0 radical (unpaired) electrons. The maximum absolute atomic E-state index is 13.1. The molecule has 1 aromatic heterocycles. The third-order valence-electron chi connectivity index (χ3n) is 5.81. The number of fused-ring (bicyclic) bond motifs is 1. The molecule has 4 rings (SSSR count). The van der Waals surface area contributed by atoms with E-state index in [1.807, 2.05) is 24.3 Å². The van der Waals surface area contributed by atoms with Crippen molar-refractivity contribution in [3.05, 3.63) is 71.7 Å². The number of benzene rings is 2. The molecule has 3 aromatic rings. The molecule has 188 valence electrons. The third-order valence-corrected chi connectivity index (χ3v) is 5.81. The van der Waals surface area contributed by atoms with Crippen LogP contribution in [0.3, 0.4) is 0 Å². The van der Waals surface area contributed by atoms with Gasteiger partial charge in [0.2, 0.25) is 5.75 Å². The lowest BCUT2D eigenvalue weighted by Gasteiger charge is -2.34. The van der Waals surface area contributed by atoms with Crippen molar-refractivity contribution in [3.63, 3.8) is 0 Å². The van der Waals surface area contributed by atoms with Gasteiger partial charge in [0.1, 0.15) is 6.04 Å². The van der Waals surface area contributed by atoms with Crippen molar-refractivity contribution in [1.29, 1.82) is 0 Å². The van der Waals surface area contributed by atoms with Crippen LogP contribution in [-0.2, 0) is 27.3 Å². The highest BCUT2D eigenvalue weighted by Gasteiger charge is 2.37. The van der Waals surface area contributed by atoms with Crippen LogP contribution in [0.25, 0.3) is 0 Å². The number of hydrogen-bond donors (Lipinski definition) is 1. The van der Waals surface area contributed by atoms with E-state index in [4.69, 9.17) is 23.4 Å². The van der Waals surface area contributed by atoms with Gasteiger partial charge in [0.05, 0.1) is 27.6 Å². The van der Waals surface area contributed by atoms with Crippen LogP contribution < -0.4 is 19.5 Å². The van der Waals surface area contributed by atoms with Gasteiger partial charge in [-0.3, -0.25) is 9.59 Å². The van der Waals surface area contributed by atoms with Crippen molar-refractivity contribution < 1.29 is 37.7 Å². The largest absolute Gasteiger partial charge is 0.493 e. The summed E-state index contributed by atoms with van der Waals surface area (Å²) in [6, 6.07) is 12.9. The Morgan fingerprint density at radius 3 is 2.28 bits per heavy atom. The fraction of sp³-hybridized carbons (Fsp3) is 0.269. The van der Waals surface area contributed by atoms with Crippen LogP contribution in [0.1, 0.15) is 21.7 Å². The molecule has 2 aromatic carbocycles. The molecule has 1 N–H and O–H groups in total. The maximum Gasteiger partial charge on any atom is 0.329 e. The second-order valence-corrected chi connectivity index (χ2v) is 7.97. The van der Waals surface area contributed by atoms with E-state index in [1.165, 1.54) is 38.6 Å². The summed E-state index contributed by atoms with van der Waals surface area (Å²) in [6.07, 6.45) is 1.65. The highest BCUT2D eigenvalue weighted by Crippen LogP contribution is 2.39. The average molecular weight is 495 g/mol. The lowest BCUT2D eigenvalue weighted by Crippen LogP contribution is -2.49. The predicted molar refractivity (Wildman–Crippen MR) is 128 cm³/mol. The molecule has 0 fully saturated rings. The van der Waals surface area contributed by atoms with E-state index in [2.05, 4.69) is 5.32 Å². The fourth-order valence-electron chi connectivity index (χ4n) is 4.07. The molecular formula is C26H26N2O8. The predicted octanol–water partition coefficient (Wildman–Crippen LogP) is 3.05. The Morgan fingerprint density at radius 1 is 0.972 bits per heavy atom. The minimum Gasteiger partial charge on any atom is -0.493 e. The Kier molecular flexibility index (Phi) is 7.43. The first-order valence-corrected chi connectivity index (χ1v) is 11.1. The number of rotatable bonds is 8. The molecule has 0 aliphatic carbocycles. The molecule has 0 bridgehead atoms. The minimum atomic E-state index is -0.911. The first-order valence-electron chi connectivity index (χ1n) is 11.1. The Labute approximate surface area is 207 Å². The van der Waals surface area contributed by atoms with Crippen LogP contribution in [0, 0.1) is 0 Å². The molecule has 10 nitrogen and oxygen atoms in total. The molecule has 1 aliphatic rings. The molecule has 0 saturated heterocycles. The zero-order chi connectivity index (χ0) is 25.7. The van der Waals surface area contributed by atoms with Crippen molar-refractivity contribution in [1.82, 2.24) is 4.90 Å². The molecule has 2 heterocycles. The second-order valence-electron chi connectivity index (χ2n) is 7.97. The van der Waals surface area contributed by atoms with Gasteiger partial charge in [-0.2, -0.15) is 0 Å². The molecule has 0 unspecified atom stereocenters. The Hall–Kier alpha value is -4.47. The summed E-state index contributed by atoms with van der Waals surface area (Å²) in [5.74, 6) is -0.481. The molecule has 0 spiro atoms. The van der Waals surface area contributed by atoms with E-state index in [0.717, 1.165) is 11.1 Å². The summed E-state index contributed by atoms with van der Waals surface area (Å²) in [5.41, 5.74) is 2.23. The SMILES string of the molecule is COc1cc(NC(=O)COC(=O)[C@@H]2Cc3ccccc3CN2C(=O)c2ccco2)cc(OC)c1OC. The van der Waals surface area contributed by atoms with Crippen LogP contribution in [0.5, 0.6) is 17.2 Å². The Balaban J connectivity index is 1.46. The number of methoxy groups -OCH3 is 3. The van der Waals surface area contributed by atoms with Gasteiger partial charge in [0.15, 0.2) is 23.9 Å². The number of hydrogen-bond acceptors (Lipinski definition) is 8. The first kappa shape index (κ1) is 24.6. The molecule has 36 heavy (non-hydrogen) atoms. The van der Waals surface area contributed by atoms with Crippen molar-refractivity contribution in [3.8, 4) is 17.2 Å². The molecule has 0 saturated carbocycles. The highest BCUT2D eigenvalue weighted by atomic mass is 16.5. The van der Waals surface area contributed by atoms with Crippen LogP contribution in [0.4, 0.5) is 5.69 Å². The molecule has 2 amide bonds. The van der Waals surface area contributed by atoms with Crippen LogP contribution >= 0.6 is 0 Å². The number of anilines is 1. The van der Waals surface area contributed by atoms with Crippen LogP contribution in [0.15, 0.2) is 59.2 Å². The lowest BCUT2D eigenvalue weighted by molar-refractivity contribution is -0.152. The highest BCUT2D eigenvalue weighted by molar-refractivity contribution is 5.96. The number of nitrogens with one attached hydrogen (secondary N) is 1. The van der Waals surface area contributed by atoms with Gasteiger partial charge >= 0.3 is 5.97 Å². The standard InChI is InChI=1S/C26H26N2O8/c1-32-21-12-18(13-22(33-2)24(21)34-3)27-23(29)15-36-26(31)19-11-16-7-4-5-8-17(16)14-28(19)25(30)20-9-6-10-35-20/h4-10,12-13,19H,11,14-15H2,1-3H3,(H,27,29)/t19-/m0/s1. The first-order chi connectivity index (χ1) is 17.4. The topological polar surface area (TPSA) is 117 Å². The number of amides is 2. The summed E-state index contributed by atoms with van der Waals surface area (Å²) >= 11 is 0. The minimum absolute atomic E-state index is 0.118. The monoisotopic (exact) mass is 494 g/mol. The number of carbonyl (C=O) groups is 3. The summed E-state index contributed by atoms with van der Waals surface area (Å²) in [7, 11) is 4.40. The summed E-state index contributed by atoms with van der Waals surface area (Å²) in [4.78, 5) is 40.1. The quantitative estimate of drug-likeness (QED) is 0.475. The second kappa shape index (κ2) is 10.9. The average Bonchev–Trinajstić information content (AvgIpc) is 3.45. The number of esters is 1. The van der Waals surface area contributed by atoms with Gasteiger partial charge < -0.3 is 33.6 Å². The van der Waals surface area contributed by atoms with Crippen LogP contribution in [0.2, 0.25) is 0 Å². The van der Waals surface area contributed by atoms with E-state index >= 15 is 0 Å². The zero-order valence-corrected chi connectivity index (χ0v) is 20.1. The smallest absolute Gasteiger partial charge is 0.329 e. The van der Waals surface area contributed by atoms with Gasteiger partial charge in [0.25, 0.3) is 11.8 Å². The molecule has 1 aliphatic heterocycles. The summed E-state index contributed by atoms with van der Waals surface area (Å²) < 4.78 is 26.4.